The van der Waals surface area contributed by atoms with Gasteiger partial charge in [0.05, 0.1) is 24.2 Å². The standard InChI is InChI=1S/C26H27F2N3O3/c1-13(2)24-20(14-7-8-26(3,11-14)25(32)33)21-18(9-15-12-29-30-23(15)22(21)28)31(24)16-5-6-17(27)19(10-16)34-4/h5-6,9-10,12-14H,7-8,11H2,1-4H3,(H,29,30)(H,32,33)/t14-,26-/m1/s1. The number of halogens is 2. The molecule has 2 aromatic heterocycles. The van der Waals surface area contributed by atoms with Gasteiger partial charge in [0, 0.05) is 28.2 Å². The number of fused-ring (bicyclic) bond motifs is 2. The molecule has 4 aromatic rings. The molecule has 34 heavy (non-hydrogen) atoms. The third kappa shape index (κ3) is 3.19. The molecule has 2 heterocycles. The fourth-order valence-corrected chi connectivity index (χ4v) is 5.58. The molecule has 2 aromatic carbocycles. The second-order valence-electron chi connectivity index (χ2n) is 9.83. The quantitative estimate of drug-likeness (QED) is 0.362. The van der Waals surface area contributed by atoms with E-state index in [0.717, 1.165) is 11.3 Å². The number of methoxy groups -OCH3 is 1. The lowest BCUT2D eigenvalue weighted by Gasteiger charge is -2.21. The summed E-state index contributed by atoms with van der Waals surface area (Å²) in [6, 6.07) is 6.49. The molecule has 1 saturated carbocycles. The van der Waals surface area contributed by atoms with E-state index in [9.17, 15) is 14.3 Å². The van der Waals surface area contributed by atoms with Gasteiger partial charge in [-0.1, -0.05) is 13.8 Å². The van der Waals surface area contributed by atoms with Crippen molar-refractivity contribution < 1.29 is 23.4 Å². The van der Waals surface area contributed by atoms with Crippen LogP contribution < -0.4 is 4.74 Å². The molecule has 0 amide bonds. The van der Waals surface area contributed by atoms with Crippen LogP contribution in [0.1, 0.15) is 63.1 Å². The maximum absolute atomic E-state index is 16.1. The second kappa shape index (κ2) is 7.82. The van der Waals surface area contributed by atoms with E-state index in [2.05, 4.69) is 10.2 Å². The molecule has 6 nitrogen and oxygen atoms in total. The van der Waals surface area contributed by atoms with E-state index < -0.39 is 23.0 Å². The number of carboxylic acid groups (broad SMARTS) is 1. The minimum Gasteiger partial charge on any atom is -0.494 e. The Bertz CT molecular complexity index is 1440. The summed E-state index contributed by atoms with van der Waals surface area (Å²) in [6.45, 7) is 5.83. The zero-order valence-electron chi connectivity index (χ0n) is 19.6. The normalized spacial score (nSPS) is 20.6. The predicted octanol–water partition coefficient (Wildman–Crippen LogP) is 6.28. The van der Waals surface area contributed by atoms with Crippen molar-refractivity contribution in [2.24, 2.45) is 5.41 Å². The van der Waals surface area contributed by atoms with Crippen molar-refractivity contribution >= 4 is 27.8 Å². The average molecular weight is 468 g/mol. The molecule has 1 aliphatic rings. The van der Waals surface area contributed by atoms with Gasteiger partial charge in [-0.15, -0.1) is 0 Å². The number of hydrogen-bond acceptors (Lipinski definition) is 3. The molecule has 0 unspecified atom stereocenters. The summed E-state index contributed by atoms with van der Waals surface area (Å²) in [5.74, 6) is -1.75. The number of aromatic nitrogens is 3. The Kier molecular flexibility index (Phi) is 5.15. The van der Waals surface area contributed by atoms with Crippen LogP contribution in [0.5, 0.6) is 5.75 Å². The summed E-state index contributed by atoms with van der Waals surface area (Å²) in [5, 5.41) is 17.7. The third-order valence-corrected chi connectivity index (χ3v) is 7.29. The number of carbonyl (C=O) groups is 1. The molecular formula is C26H27F2N3O3. The maximum atomic E-state index is 16.1. The first-order chi connectivity index (χ1) is 16.2. The molecule has 0 saturated heterocycles. The highest BCUT2D eigenvalue weighted by Gasteiger charge is 2.44. The lowest BCUT2D eigenvalue weighted by molar-refractivity contribution is -0.147. The van der Waals surface area contributed by atoms with Gasteiger partial charge in [-0.2, -0.15) is 5.10 Å². The van der Waals surface area contributed by atoms with E-state index in [1.165, 1.54) is 13.2 Å². The monoisotopic (exact) mass is 467 g/mol. The van der Waals surface area contributed by atoms with Crippen LogP contribution in [-0.2, 0) is 4.79 Å². The Labute approximate surface area is 195 Å². The number of H-pyrrole nitrogens is 1. The fraction of sp³-hybridized carbons (Fsp3) is 0.385. The SMILES string of the molecule is COc1cc(-n2c(C(C)C)c([C@@H]3CC[C@@](C)(C(=O)O)C3)c3c(F)c4[nH]ncc4cc32)ccc1F. The van der Waals surface area contributed by atoms with Crippen LogP contribution in [0.15, 0.2) is 30.5 Å². The third-order valence-electron chi connectivity index (χ3n) is 7.29. The molecule has 0 aliphatic heterocycles. The van der Waals surface area contributed by atoms with Gasteiger partial charge < -0.3 is 14.4 Å². The second-order valence-corrected chi connectivity index (χ2v) is 9.83. The van der Waals surface area contributed by atoms with Gasteiger partial charge in [0.2, 0.25) is 0 Å². The van der Waals surface area contributed by atoms with Crippen molar-refractivity contribution in [3.63, 3.8) is 0 Å². The number of rotatable bonds is 5. The first kappa shape index (κ1) is 22.4. The first-order valence-electron chi connectivity index (χ1n) is 11.4. The molecule has 1 aliphatic carbocycles. The number of benzene rings is 2. The number of aromatic amines is 1. The van der Waals surface area contributed by atoms with Gasteiger partial charge in [0.25, 0.3) is 0 Å². The lowest BCUT2D eigenvalue weighted by atomic mass is 9.84. The molecule has 178 valence electrons. The van der Waals surface area contributed by atoms with E-state index in [-0.39, 0.29) is 17.6 Å². The number of nitrogens with zero attached hydrogens (tertiary/aromatic N) is 2. The minimum absolute atomic E-state index is 0.00833. The highest BCUT2D eigenvalue weighted by Crippen LogP contribution is 2.52. The first-order valence-corrected chi connectivity index (χ1v) is 11.4. The zero-order chi connectivity index (χ0) is 24.4. The molecule has 5 rings (SSSR count). The van der Waals surface area contributed by atoms with Crippen molar-refractivity contribution in [2.75, 3.05) is 7.11 Å². The van der Waals surface area contributed by atoms with Crippen LogP contribution in [0.25, 0.3) is 27.5 Å². The zero-order valence-corrected chi connectivity index (χ0v) is 19.6. The highest BCUT2D eigenvalue weighted by atomic mass is 19.1. The summed E-state index contributed by atoms with van der Waals surface area (Å²) in [4.78, 5) is 12.0. The van der Waals surface area contributed by atoms with Crippen molar-refractivity contribution in [1.29, 1.82) is 0 Å². The highest BCUT2D eigenvalue weighted by molar-refractivity contribution is 6.00. The fourth-order valence-electron chi connectivity index (χ4n) is 5.58. The van der Waals surface area contributed by atoms with E-state index >= 15 is 4.39 Å². The predicted molar refractivity (Wildman–Crippen MR) is 126 cm³/mol. The Morgan fingerprint density at radius 1 is 1.32 bits per heavy atom. The summed E-state index contributed by atoms with van der Waals surface area (Å²) >= 11 is 0. The Balaban J connectivity index is 1.88. The Morgan fingerprint density at radius 2 is 2.09 bits per heavy atom. The number of ether oxygens (including phenoxy) is 1. The average Bonchev–Trinajstić information content (AvgIpc) is 3.50. The molecule has 1 fully saturated rings. The molecule has 2 N–H and O–H groups in total. The largest absolute Gasteiger partial charge is 0.494 e. The number of aliphatic carboxylic acids is 1. The smallest absolute Gasteiger partial charge is 0.309 e. The van der Waals surface area contributed by atoms with E-state index in [1.807, 2.05) is 24.5 Å². The van der Waals surface area contributed by atoms with Gasteiger partial charge in [-0.3, -0.25) is 9.89 Å². The summed E-state index contributed by atoms with van der Waals surface area (Å²) in [5.41, 5.74) is 2.47. The molecule has 0 spiro atoms. The summed E-state index contributed by atoms with van der Waals surface area (Å²) in [7, 11) is 1.41. The minimum atomic E-state index is -0.860. The van der Waals surface area contributed by atoms with Crippen molar-refractivity contribution in [2.45, 2.75) is 51.9 Å². The van der Waals surface area contributed by atoms with Gasteiger partial charge >= 0.3 is 5.97 Å². The van der Waals surface area contributed by atoms with E-state index in [4.69, 9.17) is 4.74 Å². The summed E-state index contributed by atoms with van der Waals surface area (Å²) < 4.78 is 37.5. The van der Waals surface area contributed by atoms with Crippen molar-refractivity contribution in [1.82, 2.24) is 14.8 Å². The number of carboxylic acids is 1. The van der Waals surface area contributed by atoms with Crippen molar-refractivity contribution in [3.8, 4) is 11.4 Å². The van der Waals surface area contributed by atoms with Crippen LogP contribution >= 0.6 is 0 Å². The van der Waals surface area contributed by atoms with Crippen LogP contribution in [0.2, 0.25) is 0 Å². The van der Waals surface area contributed by atoms with Gasteiger partial charge in [-0.05, 0) is 61.8 Å². The number of hydrogen-bond donors (Lipinski definition) is 2. The molecule has 2 atom stereocenters. The van der Waals surface area contributed by atoms with Crippen LogP contribution in [0, 0.1) is 17.0 Å². The Morgan fingerprint density at radius 3 is 2.74 bits per heavy atom. The van der Waals surface area contributed by atoms with Gasteiger partial charge in [0.1, 0.15) is 5.52 Å². The van der Waals surface area contributed by atoms with E-state index in [1.54, 1.807) is 25.3 Å². The van der Waals surface area contributed by atoms with E-state index in [0.29, 0.717) is 46.8 Å². The molecule has 8 heteroatoms. The summed E-state index contributed by atoms with van der Waals surface area (Å²) in [6.07, 6.45) is 3.17. The Hall–Kier alpha value is -3.42. The van der Waals surface area contributed by atoms with Crippen LogP contribution in [0.4, 0.5) is 8.78 Å². The van der Waals surface area contributed by atoms with Crippen molar-refractivity contribution in [3.05, 3.63) is 53.4 Å². The van der Waals surface area contributed by atoms with Gasteiger partial charge in [-0.25, -0.2) is 8.78 Å². The maximum Gasteiger partial charge on any atom is 0.309 e. The topological polar surface area (TPSA) is 80.1 Å². The van der Waals surface area contributed by atoms with Crippen LogP contribution in [0.3, 0.4) is 0 Å². The van der Waals surface area contributed by atoms with Crippen LogP contribution in [-0.4, -0.2) is 33.0 Å². The lowest BCUT2D eigenvalue weighted by Crippen LogP contribution is -2.23. The molecular weight excluding hydrogens is 440 g/mol. The molecule has 0 radical (unpaired) electrons. The molecule has 0 bridgehead atoms. The number of nitrogens with one attached hydrogen (secondary N) is 1. The van der Waals surface area contributed by atoms with Gasteiger partial charge in [0.15, 0.2) is 17.4 Å².